The highest BCUT2D eigenvalue weighted by molar-refractivity contribution is 6.44. The van der Waals surface area contributed by atoms with Crippen molar-refractivity contribution in [3.63, 3.8) is 0 Å². The largest absolute Gasteiger partial charge is 0.464 e. The molecule has 2 aliphatic carbocycles. The van der Waals surface area contributed by atoms with Crippen molar-refractivity contribution >= 4 is 23.6 Å². The van der Waals surface area contributed by atoms with Gasteiger partial charge in [0.1, 0.15) is 11.2 Å². The minimum atomic E-state index is -3.09. The minimum Gasteiger partial charge on any atom is -0.464 e. The van der Waals surface area contributed by atoms with Gasteiger partial charge in [-0.2, -0.15) is 0 Å². The Bertz CT molecular complexity index is 960. The number of ketones is 1. The van der Waals surface area contributed by atoms with Crippen molar-refractivity contribution in [2.45, 2.75) is 50.1 Å². The van der Waals surface area contributed by atoms with Gasteiger partial charge in [-0.25, -0.2) is 13.6 Å². The first-order valence-corrected chi connectivity index (χ1v) is 9.34. The number of nitrogens with zero attached hydrogens (tertiary/aromatic N) is 1. The Labute approximate surface area is 164 Å². The summed E-state index contributed by atoms with van der Waals surface area (Å²) in [5.74, 6) is -6.24. The Balaban J connectivity index is 1.65. The first-order valence-electron chi connectivity index (χ1n) is 9.34. The SMILES string of the molecule is CNC(=O)C1(NC(=O)C(=O)c2c(C)c(C(=O)OC)n3c2C[C@H]2C[C@H]23)CC(F)(F)C1. The lowest BCUT2D eigenvalue weighted by Gasteiger charge is -2.45. The Morgan fingerprint density at radius 2 is 1.86 bits per heavy atom. The van der Waals surface area contributed by atoms with Gasteiger partial charge in [0.05, 0.1) is 12.7 Å². The first kappa shape index (κ1) is 19.5. The topological polar surface area (TPSA) is 106 Å². The van der Waals surface area contributed by atoms with Crippen LogP contribution in [0.2, 0.25) is 0 Å². The van der Waals surface area contributed by atoms with E-state index in [4.69, 9.17) is 4.74 Å². The van der Waals surface area contributed by atoms with Gasteiger partial charge >= 0.3 is 5.97 Å². The number of likely N-dealkylation sites (N-methyl/N-ethyl adjacent to an activating group) is 1. The minimum absolute atomic E-state index is 0.0910. The fourth-order valence-electron chi connectivity index (χ4n) is 4.77. The standard InChI is InChI=1S/C19H21F2N3O5/c1-8-12(11-5-9-4-10(9)24(11)13(8)16(27)29-3)14(25)15(26)23-18(17(28)22-2)6-19(20,21)7-18/h9-10H,4-7H2,1-3H3,(H,22,28)(H,23,26)/t9-,10-/m1/s1. The third kappa shape index (κ3) is 2.76. The van der Waals surface area contributed by atoms with Gasteiger partial charge in [0.2, 0.25) is 5.91 Å². The zero-order valence-electron chi connectivity index (χ0n) is 16.2. The van der Waals surface area contributed by atoms with Crippen molar-refractivity contribution in [2.75, 3.05) is 14.2 Å². The van der Waals surface area contributed by atoms with Crippen LogP contribution in [-0.2, 0) is 20.7 Å². The van der Waals surface area contributed by atoms with E-state index in [1.165, 1.54) is 14.2 Å². The number of Topliss-reactive ketones (excluding diaryl/α,β-unsaturated/α-hetero) is 1. The number of halogens is 2. The molecule has 2 heterocycles. The van der Waals surface area contributed by atoms with E-state index in [1.807, 2.05) is 0 Å². The molecule has 1 aliphatic heterocycles. The number of alkyl halides is 2. The van der Waals surface area contributed by atoms with E-state index in [1.54, 1.807) is 11.5 Å². The summed E-state index contributed by atoms with van der Waals surface area (Å²) in [6.45, 7) is 1.56. The maximum Gasteiger partial charge on any atom is 0.354 e. The lowest BCUT2D eigenvalue weighted by atomic mass is 9.72. The predicted molar refractivity (Wildman–Crippen MR) is 94.8 cm³/mol. The van der Waals surface area contributed by atoms with Crippen molar-refractivity contribution < 1.29 is 32.7 Å². The molecule has 2 amide bonds. The van der Waals surface area contributed by atoms with E-state index in [0.29, 0.717) is 23.6 Å². The van der Waals surface area contributed by atoms with Crippen LogP contribution < -0.4 is 10.6 Å². The number of carbonyl (C=O) groups excluding carboxylic acids is 4. The summed E-state index contributed by atoms with van der Waals surface area (Å²) >= 11 is 0. The number of ether oxygens (including phenoxy) is 1. The van der Waals surface area contributed by atoms with Gasteiger partial charge in [-0.05, 0) is 31.2 Å². The van der Waals surface area contributed by atoms with Crippen LogP contribution in [0.1, 0.15) is 57.4 Å². The highest BCUT2D eigenvalue weighted by Crippen LogP contribution is 2.54. The Kier molecular flexibility index (Phi) is 4.11. The summed E-state index contributed by atoms with van der Waals surface area (Å²) in [6.07, 6.45) is -0.304. The molecule has 0 aromatic carbocycles. The monoisotopic (exact) mass is 409 g/mol. The van der Waals surface area contributed by atoms with Crippen LogP contribution in [0.4, 0.5) is 8.78 Å². The molecule has 0 spiro atoms. The second kappa shape index (κ2) is 6.11. The zero-order valence-corrected chi connectivity index (χ0v) is 16.2. The molecule has 2 atom stereocenters. The van der Waals surface area contributed by atoms with Crippen LogP contribution in [0.3, 0.4) is 0 Å². The Morgan fingerprint density at radius 1 is 1.21 bits per heavy atom. The van der Waals surface area contributed by atoms with Gasteiger partial charge < -0.3 is 19.9 Å². The number of aromatic nitrogens is 1. The molecule has 1 aromatic rings. The van der Waals surface area contributed by atoms with Gasteiger partial charge in [0, 0.05) is 31.6 Å². The summed E-state index contributed by atoms with van der Waals surface area (Å²) in [4.78, 5) is 50.0. The fraction of sp³-hybridized carbons (Fsp3) is 0.579. The zero-order chi connectivity index (χ0) is 21.3. The number of nitrogens with one attached hydrogen (secondary N) is 2. The molecule has 2 N–H and O–H groups in total. The van der Waals surface area contributed by atoms with Gasteiger partial charge in [0.25, 0.3) is 17.6 Å². The number of fused-ring (bicyclic) bond motifs is 3. The number of hydrogen-bond donors (Lipinski definition) is 2. The number of rotatable bonds is 5. The Hall–Kier alpha value is -2.78. The molecular weight excluding hydrogens is 388 g/mol. The molecule has 3 aliphatic rings. The van der Waals surface area contributed by atoms with E-state index in [2.05, 4.69) is 10.6 Å². The maximum atomic E-state index is 13.5. The second-order valence-corrected chi connectivity index (χ2v) is 8.08. The maximum absolute atomic E-state index is 13.5. The molecule has 4 rings (SSSR count). The van der Waals surface area contributed by atoms with Gasteiger partial charge in [-0.15, -0.1) is 0 Å². The quantitative estimate of drug-likeness (QED) is 0.427. The molecular formula is C19H21F2N3O5. The third-order valence-electron chi connectivity index (χ3n) is 6.17. The molecule has 2 saturated carbocycles. The molecule has 29 heavy (non-hydrogen) atoms. The molecule has 8 nitrogen and oxygen atoms in total. The second-order valence-electron chi connectivity index (χ2n) is 8.08. The van der Waals surface area contributed by atoms with Crippen molar-refractivity contribution in [3.05, 3.63) is 22.5 Å². The predicted octanol–water partition coefficient (Wildman–Crippen LogP) is 0.913. The number of esters is 1. The van der Waals surface area contributed by atoms with E-state index in [9.17, 15) is 28.0 Å². The average Bonchev–Trinajstić information content (AvgIpc) is 3.22. The van der Waals surface area contributed by atoms with Gasteiger partial charge in [-0.3, -0.25) is 14.4 Å². The lowest BCUT2D eigenvalue weighted by Crippen LogP contribution is -2.69. The number of methoxy groups -OCH3 is 1. The van der Waals surface area contributed by atoms with Crippen molar-refractivity contribution in [1.29, 1.82) is 0 Å². The van der Waals surface area contributed by atoms with Crippen LogP contribution in [0.25, 0.3) is 0 Å². The number of carbonyl (C=O) groups is 4. The number of amides is 2. The van der Waals surface area contributed by atoms with Gasteiger partial charge in [-0.1, -0.05) is 0 Å². The van der Waals surface area contributed by atoms with E-state index >= 15 is 0 Å². The summed E-state index contributed by atoms with van der Waals surface area (Å²) in [5, 5.41) is 4.48. The van der Waals surface area contributed by atoms with Crippen molar-refractivity contribution in [2.24, 2.45) is 5.92 Å². The Morgan fingerprint density at radius 3 is 2.41 bits per heavy atom. The molecule has 0 saturated heterocycles. The van der Waals surface area contributed by atoms with E-state index < -0.39 is 47.9 Å². The molecule has 0 radical (unpaired) electrons. The molecule has 2 fully saturated rings. The van der Waals surface area contributed by atoms with E-state index in [-0.39, 0.29) is 17.3 Å². The highest BCUT2D eigenvalue weighted by atomic mass is 19.3. The van der Waals surface area contributed by atoms with Crippen molar-refractivity contribution in [1.82, 2.24) is 15.2 Å². The average molecular weight is 409 g/mol. The molecule has 0 bridgehead atoms. The van der Waals surface area contributed by atoms with Gasteiger partial charge in [0.15, 0.2) is 0 Å². The molecule has 156 valence electrons. The lowest BCUT2D eigenvalue weighted by molar-refractivity contribution is -0.164. The van der Waals surface area contributed by atoms with E-state index in [0.717, 1.165) is 6.42 Å². The summed E-state index contributed by atoms with van der Waals surface area (Å²) in [5.41, 5.74) is -0.592. The van der Waals surface area contributed by atoms with Crippen LogP contribution in [0.5, 0.6) is 0 Å². The van der Waals surface area contributed by atoms with Crippen LogP contribution in [-0.4, -0.2) is 53.8 Å². The number of hydrogen-bond acceptors (Lipinski definition) is 5. The first-order chi connectivity index (χ1) is 13.5. The fourth-order valence-corrected chi connectivity index (χ4v) is 4.77. The van der Waals surface area contributed by atoms with Crippen LogP contribution >= 0.6 is 0 Å². The summed E-state index contributed by atoms with van der Waals surface area (Å²) in [7, 11) is 2.51. The third-order valence-corrected chi connectivity index (χ3v) is 6.17. The molecule has 10 heteroatoms. The summed E-state index contributed by atoms with van der Waals surface area (Å²) < 4.78 is 33.5. The molecule has 1 aromatic heterocycles. The highest BCUT2D eigenvalue weighted by Gasteiger charge is 2.62. The molecule has 0 unspecified atom stereocenters. The normalized spacial score (nSPS) is 24.6. The summed E-state index contributed by atoms with van der Waals surface area (Å²) in [6, 6.07) is 0.102. The van der Waals surface area contributed by atoms with Crippen molar-refractivity contribution in [3.8, 4) is 0 Å². The van der Waals surface area contributed by atoms with Crippen LogP contribution in [0, 0.1) is 12.8 Å². The van der Waals surface area contributed by atoms with Crippen LogP contribution in [0.15, 0.2) is 0 Å². The smallest absolute Gasteiger partial charge is 0.354 e.